The third-order valence-corrected chi connectivity index (χ3v) is 2.65. The number of carboxylic acid groups (broad SMARTS) is 1. The summed E-state index contributed by atoms with van der Waals surface area (Å²) >= 11 is 0. The minimum atomic E-state index is -1.41. The molecule has 0 heterocycles. The number of aliphatic carboxylic acids is 1. The molecule has 0 radical (unpaired) electrons. The predicted molar refractivity (Wildman–Crippen MR) is 73.2 cm³/mol. The highest BCUT2D eigenvalue weighted by Gasteiger charge is 2.23. The lowest BCUT2D eigenvalue weighted by Crippen LogP contribution is -2.47. The van der Waals surface area contributed by atoms with Crippen LogP contribution in [-0.4, -0.2) is 41.3 Å². The van der Waals surface area contributed by atoms with Crippen LogP contribution in [0, 0.1) is 5.82 Å². The molecule has 0 aliphatic heterocycles. The van der Waals surface area contributed by atoms with Crippen molar-refractivity contribution in [3.63, 3.8) is 0 Å². The molecule has 6 nitrogen and oxygen atoms in total. The highest BCUT2D eigenvalue weighted by Crippen LogP contribution is 2.18. The smallest absolute Gasteiger partial charge is 0.328 e. The van der Waals surface area contributed by atoms with Crippen molar-refractivity contribution >= 4 is 18.0 Å². The van der Waals surface area contributed by atoms with Crippen molar-refractivity contribution in [2.75, 3.05) is 7.11 Å². The number of carbonyl (C=O) groups is 2. The summed E-state index contributed by atoms with van der Waals surface area (Å²) in [7, 11) is 1.34. The number of halogens is 1. The number of aliphatic hydroxyl groups is 1. The van der Waals surface area contributed by atoms with E-state index in [1.165, 1.54) is 38.3 Å². The van der Waals surface area contributed by atoms with Crippen molar-refractivity contribution in [1.29, 1.82) is 0 Å². The van der Waals surface area contributed by atoms with Crippen LogP contribution < -0.4 is 10.1 Å². The maximum atomic E-state index is 13.4. The number of aliphatic hydroxyl groups excluding tert-OH is 1. The Kier molecular flexibility index (Phi) is 5.86. The number of benzene rings is 1. The first-order valence-corrected chi connectivity index (χ1v) is 6.08. The summed E-state index contributed by atoms with van der Waals surface area (Å²) in [6, 6.07) is 2.71. The number of rotatable bonds is 6. The molecule has 3 N–H and O–H groups in total. The third-order valence-electron chi connectivity index (χ3n) is 2.65. The second-order valence-corrected chi connectivity index (χ2v) is 4.29. The van der Waals surface area contributed by atoms with Crippen molar-refractivity contribution in [3.8, 4) is 5.75 Å². The highest BCUT2D eigenvalue weighted by atomic mass is 19.1. The maximum absolute atomic E-state index is 13.4. The second kappa shape index (κ2) is 7.39. The van der Waals surface area contributed by atoms with Gasteiger partial charge in [0.1, 0.15) is 0 Å². The molecule has 1 rings (SSSR count). The van der Waals surface area contributed by atoms with Gasteiger partial charge in [-0.15, -0.1) is 0 Å². The van der Waals surface area contributed by atoms with E-state index >= 15 is 0 Å². The predicted octanol–water partition coefficient (Wildman–Crippen LogP) is 0.798. The highest BCUT2D eigenvalue weighted by molar-refractivity contribution is 5.94. The third kappa shape index (κ3) is 4.88. The van der Waals surface area contributed by atoms with Crippen molar-refractivity contribution in [2.45, 2.75) is 19.1 Å². The van der Waals surface area contributed by atoms with Gasteiger partial charge in [-0.25, -0.2) is 9.18 Å². The normalized spacial score (nSPS) is 13.7. The molecule has 1 amide bonds. The molecule has 1 aromatic carbocycles. The van der Waals surface area contributed by atoms with Crippen molar-refractivity contribution in [1.82, 2.24) is 5.32 Å². The first-order chi connectivity index (χ1) is 9.85. The van der Waals surface area contributed by atoms with E-state index in [9.17, 15) is 19.1 Å². The summed E-state index contributed by atoms with van der Waals surface area (Å²) in [5.74, 6) is -2.55. The van der Waals surface area contributed by atoms with E-state index in [0.717, 1.165) is 6.08 Å². The van der Waals surface area contributed by atoms with Gasteiger partial charge in [0.15, 0.2) is 17.6 Å². The van der Waals surface area contributed by atoms with E-state index in [-0.39, 0.29) is 5.75 Å². The van der Waals surface area contributed by atoms with Crippen molar-refractivity contribution < 1.29 is 28.9 Å². The van der Waals surface area contributed by atoms with E-state index in [1.807, 2.05) is 0 Å². The Labute approximate surface area is 120 Å². The van der Waals surface area contributed by atoms with E-state index in [4.69, 9.17) is 9.84 Å². The number of carbonyl (C=O) groups excluding carboxylic acids is 1. The summed E-state index contributed by atoms with van der Waals surface area (Å²) in [5, 5.41) is 20.2. The number of ether oxygens (including phenoxy) is 1. The van der Waals surface area contributed by atoms with Crippen LogP contribution in [0.5, 0.6) is 5.75 Å². The number of amides is 1. The number of hydrogen-bond donors (Lipinski definition) is 3. The van der Waals surface area contributed by atoms with Crippen LogP contribution in [0.3, 0.4) is 0 Å². The van der Waals surface area contributed by atoms with Gasteiger partial charge in [0, 0.05) is 6.08 Å². The Morgan fingerprint density at radius 2 is 2.10 bits per heavy atom. The van der Waals surface area contributed by atoms with Crippen LogP contribution in [0.15, 0.2) is 24.3 Å². The van der Waals surface area contributed by atoms with Crippen LogP contribution >= 0.6 is 0 Å². The van der Waals surface area contributed by atoms with E-state index < -0.39 is 29.8 Å². The van der Waals surface area contributed by atoms with Crippen LogP contribution in [-0.2, 0) is 9.59 Å². The topological polar surface area (TPSA) is 95.9 Å². The Hall–Kier alpha value is -2.41. The molecule has 0 bridgehead atoms. The Bertz CT molecular complexity index is 556. The summed E-state index contributed by atoms with van der Waals surface area (Å²) < 4.78 is 18.2. The van der Waals surface area contributed by atoms with Gasteiger partial charge in [-0.1, -0.05) is 6.07 Å². The first kappa shape index (κ1) is 16.6. The molecule has 1 aromatic rings. The van der Waals surface area contributed by atoms with Gasteiger partial charge in [-0.2, -0.15) is 0 Å². The standard InChI is InChI=1S/C14H16FNO5/c1-8(17)13(14(19)20)16-12(18)6-4-9-3-5-11(21-2)10(15)7-9/h3-8,13,17H,1-2H3,(H,16,18)(H,19,20)/b6-4+/t8-,13+/m1/s1. The van der Waals surface area contributed by atoms with E-state index in [1.54, 1.807) is 0 Å². The Morgan fingerprint density at radius 3 is 2.57 bits per heavy atom. The molecule has 0 unspecified atom stereocenters. The second-order valence-electron chi connectivity index (χ2n) is 4.29. The average Bonchev–Trinajstić information content (AvgIpc) is 2.42. The van der Waals surface area contributed by atoms with Crippen LogP contribution in [0.2, 0.25) is 0 Å². The molecule has 0 saturated carbocycles. The molecular weight excluding hydrogens is 281 g/mol. The molecule has 0 saturated heterocycles. The van der Waals surface area contributed by atoms with Crippen molar-refractivity contribution in [3.05, 3.63) is 35.7 Å². The summed E-state index contributed by atoms with van der Waals surface area (Å²) in [6.45, 7) is 1.25. The summed E-state index contributed by atoms with van der Waals surface area (Å²) in [5.41, 5.74) is 0.410. The molecule has 21 heavy (non-hydrogen) atoms. The molecule has 0 fully saturated rings. The van der Waals surface area contributed by atoms with Gasteiger partial charge in [0.2, 0.25) is 5.91 Å². The molecule has 7 heteroatoms. The maximum Gasteiger partial charge on any atom is 0.328 e. The first-order valence-electron chi connectivity index (χ1n) is 6.08. The van der Waals surface area contributed by atoms with E-state index in [2.05, 4.69) is 5.32 Å². The van der Waals surface area contributed by atoms with Crippen LogP contribution in [0.1, 0.15) is 12.5 Å². The summed E-state index contributed by atoms with van der Waals surface area (Å²) in [6.07, 6.45) is 1.14. The zero-order valence-corrected chi connectivity index (χ0v) is 11.5. The average molecular weight is 297 g/mol. The van der Waals surface area contributed by atoms with Crippen molar-refractivity contribution in [2.24, 2.45) is 0 Å². The Balaban J connectivity index is 2.74. The lowest BCUT2D eigenvalue weighted by molar-refractivity contribution is -0.144. The van der Waals surface area contributed by atoms with E-state index in [0.29, 0.717) is 5.56 Å². The van der Waals surface area contributed by atoms with Gasteiger partial charge in [0.25, 0.3) is 0 Å². The number of carboxylic acids is 1. The fraction of sp³-hybridized carbons (Fsp3) is 0.286. The quantitative estimate of drug-likeness (QED) is 0.675. The zero-order valence-electron chi connectivity index (χ0n) is 11.5. The monoisotopic (exact) mass is 297 g/mol. The summed E-state index contributed by atoms with van der Waals surface area (Å²) in [4.78, 5) is 22.4. The van der Waals surface area contributed by atoms with Crippen LogP contribution in [0.25, 0.3) is 6.08 Å². The molecule has 114 valence electrons. The molecule has 0 aliphatic carbocycles. The lowest BCUT2D eigenvalue weighted by atomic mass is 10.1. The molecule has 0 spiro atoms. The molecule has 0 aromatic heterocycles. The number of nitrogens with one attached hydrogen (secondary N) is 1. The molecular formula is C14H16FNO5. The largest absolute Gasteiger partial charge is 0.494 e. The van der Waals surface area contributed by atoms with Gasteiger partial charge in [-0.3, -0.25) is 4.79 Å². The van der Waals surface area contributed by atoms with Gasteiger partial charge in [0.05, 0.1) is 13.2 Å². The van der Waals surface area contributed by atoms with Gasteiger partial charge < -0.3 is 20.3 Å². The fourth-order valence-electron chi connectivity index (χ4n) is 1.55. The Morgan fingerprint density at radius 1 is 1.43 bits per heavy atom. The SMILES string of the molecule is COc1ccc(/C=C/C(=O)N[C@H](C(=O)O)[C@@H](C)O)cc1F. The number of hydrogen-bond acceptors (Lipinski definition) is 4. The lowest BCUT2D eigenvalue weighted by Gasteiger charge is -2.15. The minimum absolute atomic E-state index is 0.0802. The number of methoxy groups -OCH3 is 1. The van der Waals surface area contributed by atoms with Gasteiger partial charge >= 0.3 is 5.97 Å². The fourth-order valence-corrected chi connectivity index (χ4v) is 1.55. The van der Waals surface area contributed by atoms with Gasteiger partial charge in [-0.05, 0) is 30.7 Å². The van der Waals surface area contributed by atoms with Crippen LogP contribution in [0.4, 0.5) is 4.39 Å². The molecule has 0 aliphatic rings. The molecule has 2 atom stereocenters. The zero-order chi connectivity index (χ0) is 16.0. The minimum Gasteiger partial charge on any atom is -0.494 e.